The molecular weight excluding hydrogens is 272 g/mol. The first-order valence-corrected chi connectivity index (χ1v) is 6.36. The smallest absolute Gasteiger partial charge is 0.250 e. The second-order valence-electron chi connectivity index (χ2n) is 3.44. The minimum atomic E-state index is -0.0569. The number of nitrogens with zero attached hydrogens (tertiary/aromatic N) is 1. The van der Waals surface area contributed by atoms with Crippen molar-refractivity contribution >= 4 is 27.5 Å². The number of alkyl halides is 1. The van der Waals surface area contributed by atoms with Crippen LogP contribution in [0, 0.1) is 0 Å². The summed E-state index contributed by atoms with van der Waals surface area (Å²) in [6.45, 7) is 2.67. The lowest BCUT2D eigenvalue weighted by atomic mass is 10.3. The van der Waals surface area contributed by atoms with E-state index >= 15 is 0 Å². The summed E-state index contributed by atoms with van der Waals surface area (Å²) in [5.74, 6) is -0.0569. The molecule has 1 amide bonds. The van der Waals surface area contributed by atoms with E-state index in [2.05, 4.69) is 21.2 Å². The van der Waals surface area contributed by atoms with Crippen LogP contribution in [0.2, 0.25) is 0 Å². The number of aromatic nitrogens is 1. The van der Waals surface area contributed by atoms with Crippen LogP contribution in [0.25, 0.3) is 0 Å². The normalized spacial score (nSPS) is 10.1. The van der Waals surface area contributed by atoms with Crippen LogP contribution in [0.3, 0.4) is 0 Å². The number of hydrogen-bond donors (Lipinski definition) is 1. The summed E-state index contributed by atoms with van der Waals surface area (Å²) in [6, 6.07) is 3.10. The van der Waals surface area contributed by atoms with Gasteiger partial charge in [-0.15, -0.1) is 0 Å². The van der Waals surface area contributed by atoms with Crippen LogP contribution in [0.15, 0.2) is 23.1 Å². The molecule has 0 aromatic carbocycles. The second kappa shape index (κ2) is 6.48. The Morgan fingerprint density at radius 1 is 1.50 bits per heavy atom. The van der Waals surface area contributed by atoms with Gasteiger partial charge in [0.15, 0.2) is 0 Å². The Morgan fingerprint density at radius 3 is 2.88 bits per heavy atom. The van der Waals surface area contributed by atoms with E-state index in [0.29, 0.717) is 24.0 Å². The van der Waals surface area contributed by atoms with E-state index in [1.807, 2.05) is 6.92 Å². The zero-order valence-corrected chi connectivity index (χ0v) is 10.8. The second-order valence-corrected chi connectivity index (χ2v) is 4.23. The van der Waals surface area contributed by atoms with Gasteiger partial charge in [-0.1, -0.05) is 22.9 Å². The van der Waals surface area contributed by atoms with Gasteiger partial charge in [0.05, 0.1) is 5.69 Å². The van der Waals surface area contributed by atoms with Crippen molar-refractivity contribution in [3.8, 4) is 0 Å². The quantitative estimate of drug-likeness (QED) is 0.842. The monoisotopic (exact) mass is 286 g/mol. The molecule has 1 aromatic heterocycles. The Labute approximate surface area is 103 Å². The van der Waals surface area contributed by atoms with E-state index in [9.17, 15) is 9.59 Å². The zero-order chi connectivity index (χ0) is 12.0. The highest BCUT2D eigenvalue weighted by atomic mass is 79.9. The van der Waals surface area contributed by atoms with Crippen molar-refractivity contribution in [2.24, 2.45) is 0 Å². The van der Waals surface area contributed by atoms with Crippen molar-refractivity contribution in [2.75, 3.05) is 10.6 Å². The molecule has 5 heteroatoms. The van der Waals surface area contributed by atoms with Crippen molar-refractivity contribution < 1.29 is 4.79 Å². The third-order valence-electron chi connectivity index (χ3n) is 2.05. The summed E-state index contributed by atoms with van der Waals surface area (Å²) in [5, 5.41) is 3.37. The number of aryl methyl sites for hydroxylation is 1. The van der Waals surface area contributed by atoms with Gasteiger partial charge in [0.1, 0.15) is 0 Å². The van der Waals surface area contributed by atoms with Gasteiger partial charge < -0.3 is 9.88 Å². The number of anilines is 1. The molecule has 1 N–H and O–H groups in total. The number of carbonyl (C=O) groups excluding carboxylic acids is 1. The Hall–Kier alpha value is -1.10. The number of pyridine rings is 1. The van der Waals surface area contributed by atoms with Crippen LogP contribution in [-0.2, 0) is 11.3 Å². The van der Waals surface area contributed by atoms with Crippen LogP contribution in [0.1, 0.15) is 19.8 Å². The molecule has 1 aromatic rings. The third-order valence-corrected chi connectivity index (χ3v) is 2.45. The molecule has 1 heterocycles. The van der Waals surface area contributed by atoms with Crippen LogP contribution >= 0.6 is 15.9 Å². The predicted molar refractivity (Wildman–Crippen MR) is 68.0 cm³/mol. The van der Waals surface area contributed by atoms with E-state index in [-0.39, 0.29) is 11.5 Å². The SMILES string of the molecule is CCCn1cc(NC(=O)CCBr)ccc1=O. The van der Waals surface area contributed by atoms with Crippen molar-refractivity contribution in [2.45, 2.75) is 26.3 Å². The number of rotatable bonds is 5. The molecule has 4 nitrogen and oxygen atoms in total. The molecule has 0 saturated carbocycles. The van der Waals surface area contributed by atoms with Gasteiger partial charge in [0.25, 0.3) is 5.56 Å². The summed E-state index contributed by atoms with van der Waals surface area (Å²) in [7, 11) is 0. The number of hydrogen-bond acceptors (Lipinski definition) is 2. The van der Waals surface area contributed by atoms with Crippen LogP contribution in [0.5, 0.6) is 0 Å². The van der Waals surface area contributed by atoms with Crippen LogP contribution in [0.4, 0.5) is 5.69 Å². The summed E-state index contributed by atoms with van der Waals surface area (Å²) < 4.78 is 1.60. The van der Waals surface area contributed by atoms with Crippen LogP contribution < -0.4 is 10.9 Å². The van der Waals surface area contributed by atoms with Crippen molar-refractivity contribution in [1.29, 1.82) is 0 Å². The first-order chi connectivity index (χ1) is 7.67. The number of amides is 1. The van der Waals surface area contributed by atoms with Crippen LogP contribution in [-0.4, -0.2) is 15.8 Å². The molecule has 0 saturated heterocycles. The number of halogens is 1. The molecule has 0 aliphatic rings. The van der Waals surface area contributed by atoms with Gasteiger partial charge >= 0.3 is 0 Å². The highest BCUT2D eigenvalue weighted by Gasteiger charge is 2.02. The predicted octanol–water partition coefficient (Wildman–Crippen LogP) is 1.98. The molecule has 0 aliphatic carbocycles. The van der Waals surface area contributed by atoms with E-state index in [4.69, 9.17) is 0 Å². The van der Waals surface area contributed by atoms with Crippen molar-refractivity contribution in [3.05, 3.63) is 28.7 Å². The lowest BCUT2D eigenvalue weighted by Gasteiger charge is -2.07. The van der Waals surface area contributed by atoms with Gasteiger partial charge in [-0.2, -0.15) is 0 Å². The molecule has 0 aliphatic heterocycles. The lowest BCUT2D eigenvalue weighted by molar-refractivity contribution is -0.115. The van der Waals surface area contributed by atoms with E-state index in [1.165, 1.54) is 6.07 Å². The first kappa shape index (κ1) is 13.0. The molecule has 88 valence electrons. The molecular formula is C11H15BrN2O2. The molecule has 0 spiro atoms. The molecule has 0 unspecified atom stereocenters. The summed E-state index contributed by atoms with van der Waals surface area (Å²) in [5.41, 5.74) is 0.624. The maximum atomic E-state index is 11.4. The maximum Gasteiger partial charge on any atom is 0.250 e. The standard InChI is InChI=1S/C11H15BrN2O2/c1-2-7-14-8-9(3-4-11(14)16)13-10(15)5-6-12/h3-4,8H,2,5-7H2,1H3,(H,13,15). The Balaban J connectivity index is 2.78. The van der Waals surface area contributed by atoms with Gasteiger partial charge in [0, 0.05) is 30.6 Å². The molecule has 0 bridgehead atoms. The minimum absolute atomic E-state index is 0.0414. The Kier molecular flexibility index (Phi) is 5.25. The topological polar surface area (TPSA) is 51.1 Å². The highest BCUT2D eigenvalue weighted by Crippen LogP contribution is 2.04. The van der Waals surface area contributed by atoms with E-state index in [0.717, 1.165) is 6.42 Å². The minimum Gasteiger partial charge on any atom is -0.325 e. The van der Waals surface area contributed by atoms with Gasteiger partial charge in [-0.05, 0) is 12.5 Å². The number of nitrogens with one attached hydrogen (secondary N) is 1. The molecule has 16 heavy (non-hydrogen) atoms. The average Bonchev–Trinajstić information content (AvgIpc) is 2.24. The largest absolute Gasteiger partial charge is 0.325 e. The molecule has 0 atom stereocenters. The Bertz CT molecular complexity index is 415. The summed E-state index contributed by atoms with van der Waals surface area (Å²) in [6.07, 6.45) is 2.99. The van der Waals surface area contributed by atoms with Gasteiger partial charge in [-0.3, -0.25) is 9.59 Å². The van der Waals surface area contributed by atoms with Gasteiger partial charge in [0.2, 0.25) is 5.91 Å². The third kappa shape index (κ3) is 3.81. The fourth-order valence-corrected chi connectivity index (χ4v) is 1.69. The Morgan fingerprint density at radius 2 is 2.25 bits per heavy atom. The van der Waals surface area contributed by atoms with E-state index < -0.39 is 0 Å². The van der Waals surface area contributed by atoms with Crippen molar-refractivity contribution in [3.63, 3.8) is 0 Å². The summed E-state index contributed by atoms with van der Waals surface area (Å²) in [4.78, 5) is 22.8. The summed E-state index contributed by atoms with van der Waals surface area (Å²) >= 11 is 3.20. The lowest BCUT2D eigenvalue weighted by Crippen LogP contribution is -2.20. The fraction of sp³-hybridized carbons (Fsp3) is 0.455. The first-order valence-electron chi connectivity index (χ1n) is 5.23. The highest BCUT2D eigenvalue weighted by molar-refractivity contribution is 9.09. The van der Waals surface area contributed by atoms with Crippen molar-refractivity contribution in [1.82, 2.24) is 4.57 Å². The zero-order valence-electron chi connectivity index (χ0n) is 9.20. The maximum absolute atomic E-state index is 11.4. The fourth-order valence-electron chi connectivity index (χ4n) is 1.33. The molecule has 0 radical (unpaired) electrons. The van der Waals surface area contributed by atoms with Gasteiger partial charge in [-0.25, -0.2) is 0 Å². The molecule has 1 rings (SSSR count). The molecule has 0 fully saturated rings. The average molecular weight is 287 g/mol. The number of carbonyl (C=O) groups is 1. The van der Waals surface area contributed by atoms with E-state index in [1.54, 1.807) is 16.8 Å².